The van der Waals surface area contributed by atoms with Gasteiger partial charge in [0.25, 0.3) is 0 Å². The van der Waals surface area contributed by atoms with Crippen LogP contribution in [0.3, 0.4) is 0 Å². The van der Waals surface area contributed by atoms with Crippen LogP contribution in [-0.4, -0.2) is 30.1 Å². The summed E-state index contributed by atoms with van der Waals surface area (Å²) in [5.41, 5.74) is 1.44. The molecule has 1 heterocycles. The molecule has 29 heavy (non-hydrogen) atoms. The predicted molar refractivity (Wildman–Crippen MR) is 101 cm³/mol. The van der Waals surface area contributed by atoms with Crippen LogP contribution in [0, 0.1) is 5.82 Å². The topological polar surface area (TPSA) is 29.5 Å². The van der Waals surface area contributed by atoms with Crippen LogP contribution in [0.25, 0.3) is 0 Å². The Balaban J connectivity index is 1.91. The van der Waals surface area contributed by atoms with E-state index in [0.717, 1.165) is 5.56 Å². The minimum atomic E-state index is -4.25. The molecule has 2 aromatic rings. The summed E-state index contributed by atoms with van der Waals surface area (Å²) >= 11 is 0. The number of carbonyl (C=O) groups is 1. The largest absolute Gasteiger partial charge is 0.389 e. The number of rotatable bonds is 8. The number of nitrogens with zero attached hydrogens (tertiary/aromatic N) is 1. The minimum absolute atomic E-state index is 0.0233. The highest BCUT2D eigenvalue weighted by molar-refractivity contribution is 5.78. The zero-order valence-electron chi connectivity index (χ0n) is 15.9. The summed E-state index contributed by atoms with van der Waals surface area (Å²) in [5, 5.41) is 0. The monoisotopic (exact) mass is 409 g/mol. The van der Waals surface area contributed by atoms with E-state index in [0.29, 0.717) is 24.9 Å². The van der Waals surface area contributed by atoms with Crippen molar-refractivity contribution in [3.05, 3.63) is 71.5 Å². The number of likely N-dealkylation sites (tertiary alicyclic amines) is 1. The number of alkyl halides is 3. The zero-order valence-corrected chi connectivity index (χ0v) is 15.9. The van der Waals surface area contributed by atoms with E-state index in [4.69, 9.17) is 4.74 Å². The van der Waals surface area contributed by atoms with Gasteiger partial charge in [-0.05, 0) is 36.1 Å². The van der Waals surface area contributed by atoms with E-state index in [-0.39, 0.29) is 18.9 Å². The second kappa shape index (κ2) is 9.39. The van der Waals surface area contributed by atoms with Crippen molar-refractivity contribution in [3.63, 3.8) is 0 Å². The average Bonchev–Trinajstić information content (AvgIpc) is 3.10. The van der Waals surface area contributed by atoms with Crippen LogP contribution in [0.4, 0.5) is 17.6 Å². The van der Waals surface area contributed by atoms with Gasteiger partial charge in [0.15, 0.2) is 0 Å². The van der Waals surface area contributed by atoms with Gasteiger partial charge in [-0.25, -0.2) is 4.39 Å². The molecule has 0 N–H and O–H groups in total. The standard InChI is InChI=1S/C22H23F4NO2/c23-18-11-9-17(10-12-18)21(29-15-5-13-22(24,25)26)20(16-6-2-1-3-7-16)27-14-4-8-19(27)28/h1-3,6-7,9-12,20-21H,4-5,8,13-15H2/t20-,21+/m0/s1. The molecule has 1 fully saturated rings. The van der Waals surface area contributed by atoms with Gasteiger partial charge in [0, 0.05) is 26.0 Å². The van der Waals surface area contributed by atoms with Gasteiger partial charge < -0.3 is 9.64 Å². The summed E-state index contributed by atoms with van der Waals surface area (Å²) in [7, 11) is 0. The second-order valence-electron chi connectivity index (χ2n) is 7.11. The van der Waals surface area contributed by atoms with Gasteiger partial charge >= 0.3 is 6.18 Å². The third-order valence-electron chi connectivity index (χ3n) is 4.97. The van der Waals surface area contributed by atoms with Crippen LogP contribution < -0.4 is 0 Å². The van der Waals surface area contributed by atoms with E-state index >= 15 is 0 Å². The first-order valence-electron chi connectivity index (χ1n) is 9.63. The molecule has 0 radical (unpaired) electrons. The van der Waals surface area contributed by atoms with Crippen molar-refractivity contribution in [1.29, 1.82) is 0 Å². The first-order chi connectivity index (χ1) is 13.8. The molecule has 2 atom stereocenters. The summed E-state index contributed by atoms with van der Waals surface area (Å²) in [4.78, 5) is 14.2. The quantitative estimate of drug-likeness (QED) is 0.420. The molecule has 1 amide bonds. The molecule has 0 bridgehead atoms. The maximum Gasteiger partial charge on any atom is 0.389 e. The molecule has 7 heteroatoms. The average molecular weight is 409 g/mol. The van der Waals surface area contributed by atoms with Crippen LogP contribution in [0.1, 0.15) is 49.0 Å². The third-order valence-corrected chi connectivity index (χ3v) is 4.97. The summed E-state index contributed by atoms with van der Waals surface area (Å²) in [5.74, 6) is -0.442. The molecular formula is C22H23F4NO2. The molecule has 1 saturated heterocycles. The predicted octanol–water partition coefficient (Wildman–Crippen LogP) is 5.59. The van der Waals surface area contributed by atoms with Gasteiger partial charge in [0.2, 0.25) is 5.91 Å². The van der Waals surface area contributed by atoms with Gasteiger partial charge in [-0.3, -0.25) is 4.79 Å². The fourth-order valence-electron chi connectivity index (χ4n) is 3.64. The van der Waals surface area contributed by atoms with Crippen molar-refractivity contribution in [1.82, 2.24) is 4.90 Å². The lowest BCUT2D eigenvalue weighted by Crippen LogP contribution is -2.35. The van der Waals surface area contributed by atoms with Gasteiger partial charge in [0.05, 0.1) is 6.04 Å². The molecule has 3 rings (SSSR count). The molecule has 0 saturated carbocycles. The number of halogens is 4. The number of amides is 1. The molecule has 0 aliphatic carbocycles. The van der Waals surface area contributed by atoms with E-state index in [1.807, 2.05) is 30.3 Å². The molecule has 1 aliphatic heterocycles. The van der Waals surface area contributed by atoms with Crippen LogP contribution in [0.5, 0.6) is 0 Å². The van der Waals surface area contributed by atoms with Gasteiger partial charge in [-0.1, -0.05) is 42.5 Å². The Kier molecular flexibility index (Phi) is 6.90. The number of carbonyl (C=O) groups excluding carboxylic acids is 1. The number of hydrogen-bond acceptors (Lipinski definition) is 2. The molecule has 0 aromatic heterocycles. The van der Waals surface area contributed by atoms with Gasteiger partial charge in [-0.15, -0.1) is 0 Å². The van der Waals surface area contributed by atoms with Crippen LogP contribution in [0.2, 0.25) is 0 Å². The Labute approximate surface area is 167 Å². The Hall–Kier alpha value is -2.41. The van der Waals surface area contributed by atoms with E-state index in [9.17, 15) is 22.4 Å². The summed E-state index contributed by atoms with van der Waals surface area (Å²) in [6.45, 7) is 0.426. The zero-order chi connectivity index (χ0) is 20.9. The van der Waals surface area contributed by atoms with Crippen molar-refractivity contribution in [2.75, 3.05) is 13.2 Å². The minimum Gasteiger partial charge on any atom is -0.371 e. The Morgan fingerprint density at radius 3 is 2.28 bits per heavy atom. The molecule has 0 spiro atoms. The highest BCUT2D eigenvalue weighted by Gasteiger charge is 2.36. The third kappa shape index (κ3) is 5.79. The summed E-state index contributed by atoms with van der Waals surface area (Å²) < 4.78 is 56.9. The Bertz CT molecular complexity index is 793. The normalized spacial score (nSPS) is 16.8. The lowest BCUT2D eigenvalue weighted by Gasteiger charge is -2.35. The van der Waals surface area contributed by atoms with Crippen LogP contribution >= 0.6 is 0 Å². The van der Waals surface area contributed by atoms with Crippen LogP contribution in [-0.2, 0) is 9.53 Å². The fraction of sp³-hybridized carbons (Fsp3) is 0.409. The first kappa shape index (κ1) is 21.3. The fourth-order valence-corrected chi connectivity index (χ4v) is 3.64. The number of ether oxygens (including phenoxy) is 1. The van der Waals surface area contributed by atoms with Crippen molar-refractivity contribution in [2.45, 2.75) is 44.0 Å². The van der Waals surface area contributed by atoms with Crippen molar-refractivity contribution in [2.24, 2.45) is 0 Å². The lowest BCUT2D eigenvalue weighted by molar-refractivity contribution is -0.141. The molecular weight excluding hydrogens is 386 g/mol. The lowest BCUT2D eigenvalue weighted by atomic mass is 9.94. The molecule has 3 nitrogen and oxygen atoms in total. The highest BCUT2D eigenvalue weighted by atomic mass is 19.4. The molecule has 156 valence electrons. The smallest absolute Gasteiger partial charge is 0.371 e. The van der Waals surface area contributed by atoms with E-state index in [2.05, 4.69) is 0 Å². The molecule has 1 aliphatic rings. The van der Waals surface area contributed by atoms with E-state index in [1.54, 1.807) is 17.0 Å². The first-order valence-corrected chi connectivity index (χ1v) is 9.63. The van der Waals surface area contributed by atoms with Crippen molar-refractivity contribution < 1.29 is 27.1 Å². The molecule has 0 unspecified atom stereocenters. The van der Waals surface area contributed by atoms with Crippen LogP contribution in [0.15, 0.2) is 54.6 Å². The maximum absolute atomic E-state index is 13.4. The van der Waals surface area contributed by atoms with E-state index < -0.39 is 30.6 Å². The molecule has 2 aromatic carbocycles. The Morgan fingerprint density at radius 1 is 1.00 bits per heavy atom. The van der Waals surface area contributed by atoms with Gasteiger partial charge in [0.1, 0.15) is 11.9 Å². The number of hydrogen-bond donors (Lipinski definition) is 0. The highest BCUT2D eigenvalue weighted by Crippen LogP contribution is 2.39. The van der Waals surface area contributed by atoms with Gasteiger partial charge in [-0.2, -0.15) is 13.2 Å². The second-order valence-corrected chi connectivity index (χ2v) is 7.11. The summed E-state index contributed by atoms with van der Waals surface area (Å²) in [6.07, 6.45) is -4.94. The van der Waals surface area contributed by atoms with Crippen molar-refractivity contribution in [3.8, 4) is 0 Å². The Morgan fingerprint density at radius 2 is 1.69 bits per heavy atom. The van der Waals surface area contributed by atoms with E-state index in [1.165, 1.54) is 12.1 Å². The SMILES string of the molecule is O=C1CCCN1[C@@H](c1ccccc1)[C@H](OCCCC(F)(F)F)c1ccc(F)cc1. The van der Waals surface area contributed by atoms with Crippen molar-refractivity contribution >= 4 is 5.91 Å². The number of benzene rings is 2. The maximum atomic E-state index is 13.4. The summed E-state index contributed by atoms with van der Waals surface area (Å²) in [6, 6.07) is 14.5.